The van der Waals surface area contributed by atoms with Crippen LogP contribution in [0.2, 0.25) is 0 Å². The van der Waals surface area contributed by atoms with Crippen LogP contribution < -0.4 is 19.5 Å². The second-order valence-electron chi connectivity index (χ2n) is 5.66. The van der Waals surface area contributed by atoms with E-state index in [0.29, 0.717) is 47.8 Å². The summed E-state index contributed by atoms with van der Waals surface area (Å²) in [7, 11) is 0. The number of carbonyl (C=O) groups excluding carboxylic acids is 1. The molecule has 7 nitrogen and oxygen atoms in total. The minimum absolute atomic E-state index is 0.293. The van der Waals surface area contributed by atoms with Crippen LogP contribution >= 0.6 is 11.3 Å². The van der Waals surface area contributed by atoms with Gasteiger partial charge in [-0.05, 0) is 39.3 Å². The minimum atomic E-state index is -0.293. The quantitative estimate of drug-likeness (QED) is 0.612. The molecule has 0 aliphatic carbocycles. The van der Waals surface area contributed by atoms with Gasteiger partial charge in [0.1, 0.15) is 5.01 Å². The Balaban J connectivity index is 2.24. The van der Waals surface area contributed by atoms with Crippen molar-refractivity contribution in [1.82, 2.24) is 10.2 Å². The van der Waals surface area contributed by atoms with E-state index >= 15 is 0 Å². The molecule has 0 atom stereocenters. The molecule has 0 spiro atoms. The Labute approximate surface area is 164 Å². The fraction of sp³-hybridized carbons (Fsp3) is 0.526. The van der Waals surface area contributed by atoms with Gasteiger partial charge in [0.15, 0.2) is 11.5 Å². The van der Waals surface area contributed by atoms with E-state index in [0.717, 1.165) is 24.3 Å². The molecule has 0 fully saturated rings. The summed E-state index contributed by atoms with van der Waals surface area (Å²) in [4.78, 5) is 12.7. The van der Waals surface area contributed by atoms with Crippen molar-refractivity contribution < 1.29 is 19.0 Å². The van der Waals surface area contributed by atoms with Crippen molar-refractivity contribution in [3.63, 3.8) is 0 Å². The third-order valence-electron chi connectivity index (χ3n) is 3.60. The number of carbonyl (C=O) groups is 1. The van der Waals surface area contributed by atoms with E-state index < -0.39 is 0 Å². The van der Waals surface area contributed by atoms with Crippen LogP contribution in [0.25, 0.3) is 0 Å². The molecule has 0 bridgehead atoms. The van der Waals surface area contributed by atoms with Gasteiger partial charge in [0.2, 0.25) is 10.9 Å². The predicted molar refractivity (Wildman–Crippen MR) is 106 cm³/mol. The van der Waals surface area contributed by atoms with Crippen LogP contribution in [0.4, 0.5) is 5.13 Å². The van der Waals surface area contributed by atoms with E-state index in [-0.39, 0.29) is 5.91 Å². The standard InChI is InChI=1S/C19H27N3O4S/c1-5-9-10-16-21-22-19(27-16)20-18(23)13-11-14(24-6-2)17(26-8-4)15(12-13)25-7-3/h11-12H,5-10H2,1-4H3,(H,20,22,23). The Hall–Kier alpha value is -2.35. The summed E-state index contributed by atoms with van der Waals surface area (Å²) in [5, 5.41) is 12.4. The number of hydrogen-bond donors (Lipinski definition) is 1. The Morgan fingerprint density at radius 2 is 1.63 bits per heavy atom. The highest BCUT2D eigenvalue weighted by Crippen LogP contribution is 2.39. The van der Waals surface area contributed by atoms with Crippen LogP contribution in [-0.4, -0.2) is 35.9 Å². The van der Waals surface area contributed by atoms with Crippen molar-refractivity contribution in [1.29, 1.82) is 0 Å². The molecule has 2 aromatic rings. The second-order valence-corrected chi connectivity index (χ2v) is 6.72. The van der Waals surface area contributed by atoms with Crippen molar-refractivity contribution in [2.24, 2.45) is 0 Å². The molecule has 0 unspecified atom stereocenters. The van der Waals surface area contributed by atoms with Crippen molar-refractivity contribution >= 4 is 22.4 Å². The molecular weight excluding hydrogens is 366 g/mol. The Kier molecular flexibility index (Phi) is 8.32. The summed E-state index contributed by atoms with van der Waals surface area (Å²) in [5.74, 6) is 1.18. The van der Waals surface area contributed by atoms with Crippen LogP contribution in [0.3, 0.4) is 0 Å². The molecule has 1 aromatic carbocycles. The Morgan fingerprint density at radius 3 is 2.19 bits per heavy atom. The molecule has 27 heavy (non-hydrogen) atoms. The van der Waals surface area contributed by atoms with Gasteiger partial charge in [-0.3, -0.25) is 10.1 Å². The van der Waals surface area contributed by atoms with Gasteiger partial charge in [-0.1, -0.05) is 24.7 Å². The van der Waals surface area contributed by atoms with Crippen LogP contribution in [-0.2, 0) is 6.42 Å². The summed E-state index contributed by atoms with van der Waals surface area (Å²) in [6, 6.07) is 3.32. The van der Waals surface area contributed by atoms with Crippen LogP contribution in [0.15, 0.2) is 12.1 Å². The highest BCUT2D eigenvalue weighted by molar-refractivity contribution is 7.15. The number of unbranched alkanes of at least 4 members (excludes halogenated alkanes) is 1. The van der Waals surface area contributed by atoms with Crippen LogP contribution in [0, 0.1) is 0 Å². The molecule has 1 amide bonds. The SMILES string of the molecule is CCCCc1nnc(NC(=O)c2cc(OCC)c(OCC)c(OCC)c2)s1. The normalized spacial score (nSPS) is 10.5. The van der Waals surface area contributed by atoms with Crippen molar-refractivity contribution in [3.05, 3.63) is 22.7 Å². The van der Waals surface area contributed by atoms with E-state index in [1.165, 1.54) is 11.3 Å². The third-order valence-corrected chi connectivity index (χ3v) is 4.50. The lowest BCUT2D eigenvalue weighted by Crippen LogP contribution is -2.13. The number of amides is 1. The first-order valence-corrected chi connectivity index (χ1v) is 10.1. The lowest BCUT2D eigenvalue weighted by atomic mass is 10.1. The van der Waals surface area contributed by atoms with Gasteiger partial charge in [-0.15, -0.1) is 10.2 Å². The smallest absolute Gasteiger partial charge is 0.257 e. The molecule has 8 heteroatoms. The maximum Gasteiger partial charge on any atom is 0.257 e. The van der Waals surface area contributed by atoms with Crippen molar-refractivity contribution in [2.45, 2.75) is 47.0 Å². The largest absolute Gasteiger partial charge is 0.490 e. The Morgan fingerprint density at radius 1 is 1.00 bits per heavy atom. The number of aryl methyl sites for hydroxylation is 1. The monoisotopic (exact) mass is 393 g/mol. The molecule has 0 saturated carbocycles. The van der Waals surface area contributed by atoms with Gasteiger partial charge in [0, 0.05) is 12.0 Å². The summed E-state index contributed by atoms with van der Waals surface area (Å²) in [6.45, 7) is 9.14. The number of ether oxygens (including phenoxy) is 3. The second kappa shape index (κ2) is 10.7. The number of aromatic nitrogens is 2. The van der Waals surface area contributed by atoms with Gasteiger partial charge in [-0.2, -0.15) is 0 Å². The molecule has 0 aliphatic rings. The van der Waals surface area contributed by atoms with Crippen molar-refractivity contribution in [2.75, 3.05) is 25.1 Å². The maximum atomic E-state index is 12.7. The summed E-state index contributed by atoms with van der Waals surface area (Å²) in [6.07, 6.45) is 3.01. The number of benzene rings is 1. The zero-order valence-electron chi connectivity index (χ0n) is 16.3. The summed E-state index contributed by atoms with van der Waals surface area (Å²) >= 11 is 1.39. The first-order chi connectivity index (χ1) is 13.1. The predicted octanol–water partition coefficient (Wildman–Crippen LogP) is 4.33. The van der Waals surface area contributed by atoms with E-state index in [1.54, 1.807) is 12.1 Å². The van der Waals surface area contributed by atoms with E-state index in [9.17, 15) is 4.79 Å². The summed E-state index contributed by atoms with van der Waals surface area (Å²) in [5.41, 5.74) is 0.413. The zero-order chi connectivity index (χ0) is 19.6. The highest BCUT2D eigenvalue weighted by atomic mass is 32.1. The fourth-order valence-corrected chi connectivity index (χ4v) is 3.20. The molecule has 1 heterocycles. The average molecular weight is 394 g/mol. The molecule has 148 valence electrons. The van der Waals surface area contributed by atoms with Gasteiger partial charge >= 0.3 is 0 Å². The molecule has 1 aromatic heterocycles. The molecule has 0 saturated heterocycles. The minimum Gasteiger partial charge on any atom is -0.490 e. The zero-order valence-corrected chi connectivity index (χ0v) is 17.1. The third kappa shape index (κ3) is 5.82. The van der Waals surface area contributed by atoms with Crippen LogP contribution in [0.1, 0.15) is 55.9 Å². The fourth-order valence-electron chi connectivity index (χ4n) is 2.42. The molecule has 2 rings (SSSR count). The topological polar surface area (TPSA) is 82.6 Å². The lowest BCUT2D eigenvalue weighted by molar-refractivity contribution is 0.102. The number of nitrogens with zero attached hydrogens (tertiary/aromatic N) is 2. The van der Waals surface area contributed by atoms with E-state index in [4.69, 9.17) is 14.2 Å². The first kappa shape index (κ1) is 21.0. The van der Waals surface area contributed by atoms with E-state index in [2.05, 4.69) is 22.4 Å². The van der Waals surface area contributed by atoms with Gasteiger partial charge in [0.05, 0.1) is 19.8 Å². The van der Waals surface area contributed by atoms with E-state index in [1.807, 2.05) is 20.8 Å². The van der Waals surface area contributed by atoms with Gasteiger partial charge in [-0.25, -0.2) is 0 Å². The lowest BCUT2D eigenvalue weighted by Gasteiger charge is -2.16. The number of hydrogen-bond acceptors (Lipinski definition) is 7. The molecule has 0 aliphatic heterocycles. The first-order valence-electron chi connectivity index (χ1n) is 9.32. The van der Waals surface area contributed by atoms with Crippen LogP contribution in [0.5, 0.6) is 17.2 Å². The van der Waals surface area contributed by atoms with Gasteiger partial charge in [0.25, 0.3) is 5.91 Å². The average Bonchev–Trinajstić information content (AvgIpc) is 3.10. The number of nitrogens with one attached hydrogen (secondary N) is 1. The van der Waals surface area contributed by atoms with Crippen molar-refractivity contribution in [3.8, 4) is 17.2 Å². The number of rotatable bonds is 11. The summed E-state index contributed by atoms with van der Waals surface area (Å²) < 4.78 is 17.0. The molecular formula is C19H27N3O4S. The molecule has 0 radical (unpaired) electrons. The van der Waals surface area contributed by atoms with Gasteiger partial charge < -0.3 is 14.2 Å². The Bertz CT molecular complexity index is 721. The highest BCUT2D eigenvalue weighted by Gasteiger charge is 2.19. The maximum absolute atomic E-state index is 12.7. The number of anilines is 1. The molecule has 1 N–H and O–H groups in total.